The minimum absolute atomic E-state index is 0.0109. The molecule has 0 fully saturated rings. The average Bonchev–Trinajstić information content (AvgIpc) is 2.42. The number of hydrogen-bond donors (Lipinski definition) is 0. The van der Waals surface area contributed by atoms with Crippen LogP contribution in [0.2, 0.25) is 0 Å². The molecule has 1 aliphatic heterocycles. The lowest BCUT2D eigenvalue weighted by molar-refractivity contribution is -0.187. The third-order valence-corrected chi connectivity index (χ3v) is 4.22. The number of ether oxygens (including phenoxy) is 2. The van der Waals surface area contributed by atoms with Gasteiger partial charge in [0.25, 0.3) is 0 Å². The summed E-state index contributed by atoms with van der Waals surface area (Å²) < 4.78 is 112. The first-order valence-electron chi connectivity index (χ1n) is 6.53. The Balaban J connectivity index is 2.59. The summed E-state index contributed by atoms with van der Waals surface area (Å²) in [6.07, 6.45) is -7.52. The average molecular weight is 398 g/mol. The summed E-state index contributed by atoms with van der Waals surface area (Å²) in [5, 5.41) is 0. The molecule has 0 aromatic heterocycles. The maximum absolute atomic E-state index is 13.0. The van der Waals surface area contributed by atoms with E-state index in [1.165, 1.54) is 6.92 Å². The quantitative estimate of drug-likeness (QED) is 0.490. The van der Waals surface area contributed by atoms with E-state index in [0.29, 0.717) is 12.1 Å². The Labute approximate surface area is 135 Å². The van der Waals surface area contributed by atoms with Crippen LogP contribution in [0.3, 0.4) is 0 Å². The molecule has 1 aromatic carbocycles. The van der Waals surface area contributed by atoms with E-state index in [1.54, 1.807) is 0 Å². The Morgan fingerprint density at radius 1 is 1.20 bits per heavy atom. The molecule has 1 aliphatic rings. The number of benzene rings is 1. The van der Waals surface area contributed by atoms with Crippen LogP contribution in [0.15, 0.2) is 28.7 Å². The maximum atomic E-state index is 13.0. The Bertz CT molecular complexity index is 751. The standard InChI is InChI=1S/C13H10F8O3S/c1-2-23-12(22)9-5-7-3-4-8(25(17,18,19,20)21)6-10(7)24-11(9)13(14,15)16/h3-6,11H,2H2,1H3. The second-order valence-corrected chi connectivity index (χ2v) is 7.44. The van der Waals surface area contributed by atoms with Crippen molar-refractivity contribution >= 4 is 22.3 Å². The zero-order valence-corrected chi connectivity index (χ0v) is 13.1. The number of carbonyl (C=O) groups excluding carboxylic acids is 1. The predicted molar refractivity (Wildman–Crippen MR) is 72.9 cm³/mol. The number of rotatable bonds is 3. The highest BCUT2D eigenvalue weighted by atomic mass is 32.5. The van der Waals surface area contributed by atoms with Crippen LogP contribution in [-0.4, -0.2) is 24.9 Å². The number of esters is 1. The molecule has 0 saturated heterocycles. The highest BCUT2D eigenvalue weighted by Crippen LogP contribution is 3.02. The van der Waals surface area contributed by atoms with Gasteiger partial charge in [0.1, 0.15) is 10.6 Å². The summed E-state index contributed by atoms with van der Waals surface area (Å²) in [5.74, 6) is -2.45. The van der Waals surface area contributed by atoms with Crippen LogP contribution in [-0.2, 0) is 9.53 Å². The minimum Gasteiger partial charge on any atom is -0.475 e. The first-order chi connectivity index (χ1) is 11.0. The van der Waals surface area contributed by atoms with Gasteiger partial charge in [0.15, 0.2) is 0 Å². The summed E-state index contributed by atoms with van der Waals surface area (Å²) in [4.78, 5) is 9.23. The van der Waals surface area contributed by atoms with Crippen LogP contribution in [0.4, 0.5) is 32.6 Å². The van der Waals surface area contributed by atoms with Crippen LogP contribution < -0.4 is 4.74 Å². The van der Waals surface area contributed by atoms with Crippen molar-refractivity contribution in [3.8, 4) is 5.75 Å². The van der Waals surface area contributed by atoms with Crippen molar-refractivity contribution in [3.05, 3.63) is 29.3 Å². The molecule has 0 bridgehead atoms. The molecule has 12 heteroatoms. The number of carbonyl (C=O) groups is 1. The molecule has 3 nitrogen and oxygen atoms in total. The molecular weight excluding hydrogens is 388 g/mol. The van der Waals surface area contributed by atoms with Gasteiger partial charge in [-0.25, -0.2) is 4.79 Å². The number of hydrogen-bond acceptors (Lipinski definition) is 3. The predicted octanol–water partition coefficient (Wildman–Crippen LogP) is 5.61. The first-order valence-corrected chi connectivity index (χ1v) is 8.48. The zero-order valence-electron chi connectivity index (χ0n) is 12.3. The van der Waals surface area contributed by atoms with Crippen LogP contribution in [0.5, 0.6) is 5.75 Å². The van der Waals surface area contributed by atoms with E-state index in [-0.39, 0.29) is 18.7 Å². The second kappa shape index (κ2) is 5.02. The molecule has 1 heterocycles. The van der Waals surface area contributed by atoms with Crippen molar-refractivity contribution in [1.29, 1.82) is 0 Å². The van der Waals surface area contributed by atoms with Gasteiger partial charge in [-0.2, -0.15) is 13.2 Å². The van der Waals surface area contributed by atoms with E-state index in [1.807, 2.05) is 0 Å². The number of alkyl halides is 3. The van der Waals surface area contributed by atoms with Gasteiger partial charge in [-0.15, -0.1) is 0 Å². The van der Waals surface area contributed by atoms with Crippen molar-refractivity contribution < 1.29 is 46.9 Å². The molecule has 0 amide bonds. The lowest BCUT2D eigenvalue weighted by Gasteiger charge is -2.41. The Hall–Kier alpha value is -1.98. The Morgan fingerprint density at radius 3 is 2.28 bits per heavy atom. The first kappa shape index (κ1) is 19.3. The van der Waals surface area contributed by atoms with Gasteiger partial charge >= 0.3 is 22.4 Å². The van der Waals surface area contributed by atoms with Gasteiger partial charge in [0.2, 0.25) is 6.10 Å². The van der Waals surface area contributed by atoms with Crippen molar-refractivity contribution in [2.24, 2.45) is 0 Å². The summed E-state index contributed by atoms with van der Waals surface area (Å²) >= 11 is 0. The second-order valence-electron chi connectivity index (χ2n) is 5.03. The fourth-order valence-electron chi connectivity index (χ4n) is 2.03. The lowest BCUT2D eigenvalue weighted by atomic mass is 10.0. The van der Waals surface area contributed by atoms with E-state index < -0.39 is 50.3 Å². The minimum atomic E-state index is -10.1. The number of fused-ring (bicyclic) bond motifs is 1. The van der Waals surface area contributed by atoms with Crippen molar-refractivity contribution in [1.82, 2.24) is 0 Å². The highest BCUT2D eigenvalue weighted by molar-refractivity contribution is 8.45. The summed E-state index contributed by atoms with van der Waals surface area (Å²) in [6, 6.07) is 0.291. The lowest BCUT2D eigenvalue weighted by Crippen LogP contribution is -2.40. The summed E-state index contributed by atoms with van der Waals surface area (Å²) in [7, 11) is -10.1. The summed E-state index contributed by atoms with van der Waals surface area (Å²) in [5.41, 5.74) is -1.39. The topological polar surface area (TPSA) is 35.5 Å². The van der Waals surface area contributed by atoms with Gasteiger partial charge in [-0.3, -0.25) is 0 Å². The molecule has 1 aromatic rings. The van der Waals surface area contributed by atoms with E-state index >= 15 is 0 Å². The van der Waals surface area contributed by atoms with E-state index in [9.17, 15) is 37.4 Å². The zero-order chi connectivity index (χ0) is 19.3. The number of halogens is 8. The molecular formula is C13H10F8O3S. The monoisotopic (exact) mass is 398 g/mol. The van der Waals surface area contributed by atoms with Gasteiger partial charge in [0, 0.05) is 11.6 Å². The smallest absolute Gasteiger partial charge is 0.430 e. The van der Waals surface area contributed by atoms with Crippen molar-refractivity contribution in [2.45, 2.75) is 24.1 Å². The van der Waals surface area contributed by atoms with E-state index in [4.69, 9.17) is 0 Å². The Morgan fingerprint density at radius 2 is 1.80 bits per heavy atom. The fraction of sp³-hybridized carbons (Fsp3) is 0.308. The molecule has 1 atom stereocenters. The molecule has 0 saturated carbocycles. The van der Waals surface area contributed by atoms with Crippen LogP contribution >= 0.6 is 10.2 Å². The van der Waals surface area contributed by atoms with Crippen LogP contribution in [0.1, 0.15) is 12.5 Å². The third-order valence-electron chi connectivity index (χ3n) is 3.08. The van der Waals surface area contributed by atoms with Gasteiger partial charge in [-0.05, 0) is 25.1 Å². The van der Waals surface area contributed by atoms with Gasteiger partial charge < -0.3 is 9.47 Å². The largest absolute Gasteiger partial charge is 0.475 e. The van der Waals surface area contributed by atoms with Crippen molar-refractivity contribution in [2.75, 3.05) is 6.61 Å². The van der Waals surface area contributed by atoms with Crippen LogP contribution in [0, 0.1) is 0 Å². The molecule has 1 unspecified atom stereocenters. The highest BCUT2D eigenvalue weighted by Gasteiger charge is 2.65. The molecule has 0 aliphatic carbocycles. The fourth-order valence-corrected chi connectivity index (χ4v) is 2.69. The molecule has 0 radical (unpaired) electrons. The molecule has 0 N–H and O–H groups in total. The third kappa shape index (κ3) is 4.17. The van der Waals surface area contributed by atoms with E-state index in [0.717, 1.165) is 0 Å². The van der Waals surface area contributed by atoms with Gasteiger partial charge in [0.05, 0.1) is 12.2 Å². The van der Waals surface area contributed by atoms with Crippen molar-refractivity contribution in [3.63, 3.8) is 0 Å². The summed E-state index contributed by atoms with van der Waals surface area (Å²) in [6.45, 7) is 1.08. The molecule has 0 spiro atoms. The van der Waals surface area contributed by atoms with E-state index in [2.05, 4.69) is 9.47 Å². The van der Waals surface area contributed by atoms with Gasteiger partial charge in [-0.1, -0.05) is 19.4 Å². The normalized spacial score (nSPS) is 20.5. The maximum Gasteiger partial charge on any atom is 0.430 e. The SMILES string of the molecule is CCOC(=O)C1=Cc2ccc(S(F)(F)(F)(F)F)cc2OC1C(F)(F)F. The molecule has 2 rings (SSSR count). The molecule has 25 heavy (non-hydrogen) atoms. The van der Waals surface area contributed by atoms with Crippen LogP contribution in [0.25, 0.3) is 6.08 Å². The Kier molecular flexibility index (Phi) is 3.89. The molecule has 142 valence electrons.